The quantitative estimate of drug-likeness (QED) is 0.217. The summed E-state index contributed by atoms with van der Waals surface area (Å²) in [5, 5.41) is 31.3. The molecule has 0 bridgehead atoms. The molecular formula is C14H20F2N4O7. The molecule has 152 valence electrons. The molecule has 2 heterocycles. The van der Waals surface area contributed by atoms with Gasteiger partial charge in [0.2, 0.25) is 11.7 Å². The van der Waals surface area contributed by atoms with E-state index in [2.05, 4.69) is 10.3 Å². The zero-order chi connectivity index (χ0) is 20.5. The number of amides is 1. The first-order valence-corrected chi connectivity index (χ1v) is 7.77. The molecule has 1 fully saturated rings. The van der Waals surface area contributed by atoms with Crippen molar-refractivity contribution in [2.45, 2.75) is 49.3 Å². The molecule has 0 spiro atoms. The normalized spacial score (nSPS) is 35.4. The van der Waals surface area contributed by atoms with Crippen molar-refractivity contribution in [3.8, 4) is 0 Å². The highest BCUT2D eigenvalue weighted by Crippen LogP contribution is 2.34. The van der Waals surface area contributed by atoms with Gasteiger partial charge in [0.1, 0.15) is 24.9 Å². The van der Waals surface area contributed by atoms with E-state index in [1.54, 1.807) is 0 Å². The van der Waals surface area contributed by atoms with E-state index in [9.17, 15) is 33.7 Å². The van der Waals surface area contributed by atoms with E-state index < -0.39 is 72.6 Å². The molecule has 0 aliphatic carbocycles. The van der Waals surface area contributed by atoms with Crippen LogP contribution in [0.15, 0.2) is 16.8 Å². The molecule has 27 heavy (non-hydrogen) atoms. The number of carbonyl (C=O) groups excluding carboxylic acids is 1. The first-order valence-electron chi connectivity index (χ1n) is 7.77. The van der Waals surface area contributed by atoms with Gasteiger partial charge in [-0.1, -0.05) is 0 Å². The maximum atomic E-state index is 13.5. The van der Waals surface area contributed by atoms with Crippen LogP contribution in [0.4, 0.5) is 8.78 Å². The molecular weight excluding hydrogens is 374 g/mol. The Hall–Kier alpha value is -2.51. The first-order chi connectivity index (χ1) is 12.4. The number of carboxylic acids is 1. The molecule has 1 saturated heterocycles. The predicted octanol–water partition coefficient (Wildman–Crippen LogP) is -2.74. The molecule has 2 aliphatic rings. The van der Waals surface area contributed by atoms with Crippen molar-refractivity contribution in [1.82, 2.24) is 5.32 Å². The highest BCUT2D eigenvalue weighted by molar-refractivity contribution is 5.85. The molecule has 0 aromatic carbocycles. The number of alkyl halides is 2. The van der Waals surface area contributed by atoms with Crippen molar-refractivity contribution in [2.75, 3.05) is 6.61 Å². The van der Waals surface area contributed by atoms with Crippen molar-refractivity contribution < 1.29 is 43.2 Å². The van der Waals surface area contributed by atoms with Crippen molar-refractivity contribution >= 4 is 17.8 Å². The molecule has 11 nitrogen and oxygen atoms in total. The standard InChI is InChI=1S/C14H20F2N4O7/c1-4(21)19-7-5(20-13(17)18)2-6(12(24)25)27-9(7)10-8(22)11(23)14(15,16)3-26-10/h2,5,7-11,22-23H,3H2,1H3,(H,19,21)(H,24,25)(H4,17,18,20)/t5-,7+,8-,9+,10+,11-/m0/s1. The number of aliphatic hydroxyl groups is 2. The van der Waals surface area contributed by atoms with Gasteiger partial charge < -0.3 is 41.6 Å². The van der Waals surface area contributed by atoms with Gasteiger partial charge in [0.15, 0.2) is 12.1 Å². The number of nitrogens with zero attached hydrogens (tertiary/aromatic N) is 1. The number of carbonyl (C=O) groups is 2. The lowest BCUT2D eigenvalue weighted by Crippen LogP contribution is -2.66. The number of nitrogens with one attached hydrogen (secondary N) is 1. The molecule has 0 aromatic rings. The Morgan fingerprint density at radius 1 is 1.33 bits per heavy atom. The van der Waals surface area contributed by atoms with Gasteiger partial charge in [-0.05, 0) is 6.08 Å². The number of aliphatic hydroxyl groups excluding tert-OH is 2. The van der Waals surface area contributed by atoms with E-state index in [1.165, 1.54) is 0 Å². The fourth-order valence-corrected chi connectivity index (χ4v) is 2.91. The average Bonchev–Trinajstić information content (AvgIpc) is 2.53. The van der Waals surface area contributed by atoms with Gasteiger partial charge in [-0.2, -0.15) is 0 Å². The lowest BCUT2D eigenvalue weighted by atomic mass is 9.88. The van der Waals surface area contributed by atoms with Crippen LogP contribution in [0.3, 0.4) is 0 Å². The minimum atomic E-state index is -3.72. The molecule has 6 atom stereocenters. The van der Waals surface area contributed by atoms with E-state index in [1.807, 2.05) is 0 Å². The molecule has 0 unspecified atom stereocenters. The van der Waals surface area contributed by atoms with Crippen molar-refractivity contribution in [2.24, 2.45) is 16.5 Å². The van der Waals surface area contributed by atoms with Gasteiger partial charge in [0.25, 0.3) is 5.92 Å². The van der Waals surface area contributed by atoms with Crippen molar-refractivity contribution in [3.05, 3.63) is 11.8 Å². The SMILES string of the molecule is CC(=O)N[C@H]1[C@H]([C@@H]2OCC(F)(F)[C@@H](O)[C@H]2O)OC(C(=O)O)=C[C@@H]1N=C(N)N. The second-order valence-electron chi connectivity index (χ2n) is 6.16. The van der Waals surface area contributed by atoms with Crippen LogP contribution in [0.5, 0.6) is 0 Å². The molecule has 8 N–H and O–H groups in total. The Bertz CT molecular complexity index is 668. The van der Waals surface area contributed by atoms with Gasteiger partial charge >= 0.3 is 5.97 Å². The van der Waals surface area contributed by atoms with Gasteiger partial charge in [-0.3, -0.25) is 4.79 Å². The maximum absolute atomic E-state index is 13.5. The van der Waals surface area contributed by atoms with Crippen LogP contribution in [0.25, 0.3) is 0 Å². The highest BCUT2D eigenvalue weighted by Gasteiger charge is 2.56. The monoisotopic (exact) mass is 394 g/mol. The number of aliphatic carboxylic acids is 1. The third kappa shape index (κ3) is 4.43. The third-order valence-corrected chi connectivity index (χ3v) is 4.07. The number of rotatable bonds is 4. The summed E-state index contributed by atoms with van der Waals surface area (Å²) in [7, 11) is 0. The van der Waals surface area contributed by atoms with Gasteiger partial charge in [0, 0.05) is 6.92 Å². The van der Waals surface area contributed by atoms with Crippen molar-refractivity contribution in [3.63, 3.8) is 0 Å². The van der Waals surface area contributed by atoms with E-state index in [0.29, 0.717) is 0 Å². The Morgan fingerprint density at radius 2 is 1.96 bits per heavy atom. The summed E-state index contributed by atoms with van der Waals surface area (Å²) in [5.74, 6) is -6.91. The van der Waals surface area contributed by atoms with E-state index in [0.717, 1.165) is 13.0 Å². The molecule has 2 aliphatic heterocycles. The van der Waals surface area contributed by atoms with Crippen molar-refractivity contribution in [1.29, 1.82) is 0 Å². The third-order valence-electron chi connectivity index (χ3n) is 4.07. The fraction of sp³-hybridized carbons (Fsp3) is 0.643. The van der Waals surface area contributed by atoms with Gasteiger partial charge in [-0.15, -0.1) is 0 Å². The first kappa shape index (κ1) is 20.8. The van der Waals surface area contributed by atoms with Gasteiger partial charge in [-0.25, -0.2) is 18.6 Å². The second-order valence-corrected chi connectivity index (χ2v) is 6.16. The summed E-state index contributed by atoms with van der Waals surface area (Å²) < 4.78 is 37.3. The summed E-state index contributed by atoms with van der Waals surface area (Å²) in [6.07, 6.45) is -6.70. The van der Waals surface area contributed by atoms with Crippen LogP contribution in [0.1, 0.15) is 6.92 Å². The number of halogens is 2. The summed E-state index contributed by atoms with van der Waals surface area (Å²) in [5.41, 5.74) is 10.6. The van der Waals surface area contributed by atoms with Crippen LogP contribution in [-0.4, -0.2) is 82.2 Å². The van der Waals surface area contributed by atoms with Crippen LogP contribution >= 0.6 is 0 Å². The molecule has 0 saturated carbocycles. The number of aliphatic imine (C=N–C) groups is 1. The molecule has 0 aromatic heterocycles. The summed E-state index contributed by atoms with van der Waals surface area (Å²) in [6.45, 7) is -0.108. The van der Waals surface area contributed by atoms with Crippen LogP contribution < -0.4 is 16.8 Å². The molecule has 1 amide bonds. The topological polar surface area (TPSA) is 190 Å². The zero-order valence-electron chi connectivity index (χ0n) is 14.1. The zero-order valence-corrected chi connectivity index (χ0v) is 14.1. The smallest absolute Gasteiger partial charge is 0.370 e. The summed E-state index contributed by atoms with van der Waals surface area (Å²) in [6, 6.07) is -2.33. The molecule has 0 radical (unpaired) electrons. The fourth-order valence-electron chi connectivity index (χ4n) is 2.91. The maximum Gasteiger partial charge on any atom is 0.370 e. The van der Waals surface area contributed by atoms with Crippen LogP contribution in [0.2, 0.25) is 0 Å². The Labute approximate surface area is 151 Å². The Kier molecular flexibility index (Phi) is 5.87. The Balaban J connectivity index is 2.44. The molecule has 2 rings (SSSR count). The Morgan fingerprint density at radius 3 is 2.48 bits per heavy atom. The summed E-state index contributed by atoms with van der Waals surface area (Å²) >= 11 is 0. The number of carboxylic acid groups (broad SMARTS) is 1. The summed E-state index contributed by atoms with van der Waals surface area (Å²) in [4.78, 5) is 26.7. The second kappa shape index (κ2) is 7.62. The van der Waals surface area contributed by atoms with E-state index in [-0.39, 0.29) is 0 Å². The average molecular weight is 394 g/mol. The minimum Gasteiger partial charge on any atom is -0.478 e. The van der Waals surface area contributed by atoms with Gasteiger partial charge in [0.05, 0.1) is 12.1 Å². The number of nitrogens with two attached hydrogens (primary N) is 2. The van der Waals surface area contributed by atoms with Crippen LogP contribution in [-0.2, 0) is 19.1 Å². The highest BCUT2D eigenvalue weighted by atomic mass is 19.3. The number of guanidine groups is 1. The number of hydrogen-bond donors (Lipinski definition) is 6. The number of ether oxygens (including phenoxy) is 2. The predicted molar refractivity (Wildman–Crippen MR) is 84.5 cm³/mol. The number of hydrogen-bond acceptors (Lipinski definition) is 7. The largest absolute Gasteiger partial charge is 0.478 e. The minimum absolute atomic E-state index is 0.436. The van der Waals surface area contributed by atoms with E-state index >= 15 is 0 Å². The molecule has 13 heteroatoms. The lowest BCUT2D eigenvalue weighted by Gasteiger charge is -2.44. The lowest BCUT2D eigenvalue weighted by molar-refractivity contribution is -0.271. The van der Waals surface area contributed by atoms with E-state index in [4.69, 9.17) is 20.9 Å². The van der Waals surface area contributed by atoms with Crippen LogP contribution in [0, 0.1) is 0 Å².